The number of hydrogen-bond acceptors (Lipinski definition) is 5. The van der Waals surface area contributed by atoms with E-state index >= 15 is 0 Å². The molecule has 0 atom stereocenters. The molecule has 0 unspecified atom stereocenters. The number of aromatic hydroxyl groups is 3. The van der Waals surface area contributed by atoms with Crippen molar-refractivity contribution in [2.75, 3.05) is 18.6 Å². The fourth-order valence-corrected chi connectivity index (χ4v) is 1.50. The Bertz CT molecular complexity index is 331. The van der Waals surface area contributed by atoms with Gasteiger partial charge in [0.05, 0.1) is 0 Å². The number of benzene rings is 1. The smallest absolute Gasteiger partial charge is 0.200 e. The van der Waals surface area contributed by atoms with Gasteiger partial charge in [-0.1, -0.05) is 6.07 Å². The lowest BCUT2D eigenvalue weighted by Gasteiger charge is -2.08. The zero-order chi connectivity index (χ0) is 11.3. The van der Waals surface area contributed by atoms with Crippen LogP contribution in [0.4, 0.5) is 0 Å². The van der Waals surface area contributed by atoms with Gasteiger partial charge in [0.2, 0.25) is 5.75 Å². The quantitative estimate of drug-likeness (QED) is 0.452. The molecule has 4 N–H and O–H groups in total. The molecule has 0 aliphatic heterocycles. The van der Waals surface area contributed by atoms with Gasteiger partial charge >= 0.3 is 0 Å². The highest BCUT2D eigenvalue weighted by Crippen LogP contribution is 2.36. The summed E-state index contributed by atoms with van der Waals surface area (Å²) in [6.07, 6.45) is 2.02. The Morgan fingerprint density at radius 2 is 1.93 bits per heavy atom. The van der Waals surface area contributed by atoms with E-state index in [-0.39, 0.29) is 11.5 Å². The molecule has 0 amide bonds. The maximum Gasteiger partial charge on any atom is 0.200 e. The summed E-state index contributed by atoms with van der Waals surface area (Å²) in [6.45, 7) is 1.31. The molecule has 1 aromatic carbocycles. The first kappa shape index (κ1) is 12.0. The first-order chi connectivity index (χ1) is 7.16. The number of nitrogens with one attached hydrogen (secondary N) is 1. The first-order valence-corrected chi connectivity index (χ1v) is 5.98. The van der Waals surface area contributed by atoms with Crippen molar-refractivity contribution >= 4 is 11.8 Å². The summed E-state index contributed by atoms with van der Waals surface area (Å²) in [5.41, 5.74) is 0.575. The molecule has 84 valence electrons. The van der Waals surface area contributed by atoms with Crippen molar-refractivity contribution in [3.8, 4) is 17.2 Å². The molecule has 0 heterocycles. The van der Waals surface area contributed by atoms with Crippen LogP contribution in [0.15, 0.2) is 12.1 Å². The molecule has 0 fully saturated rings. The van der Waals surface area contributed by atoms with Gasteiger partial charge in [0.1, 0.15) is 0 Å². The highest BCUT2D eigenvalue weighted by molar-refractivity contribution is 7.98. The molecule has 0 bridgehead atoms. The second kappa shape index (κ2) is 5.72. The Balaban J connectivity index is 2.58. The van der Waals surface area contributed by atoms with E-state index < -0.39 is 5.75 Å². The molecule has 0 radical (unpaired) electrons. The van der Waals surface area contributed by atoms with Crippen LogP contribution < -0.4 is 5.32 Å². The lowest BCUT2D eigenvalue weighted by molar-refractivity contribution is 0.364. The third-order valence-corrected chi connectivity index (χ3v) is 2.62. The Morgan fingerprint density at radius 1 is 1.20 bits per heavy atom. The van der Waals surface area contributed by atoms with Crippen LogP contribution in [0.3, 0.4) is 0 Å². The molecule has 5 heteroatoms. The molecule has 1 aromatic rings. The molecule has 0 spiro atoms. The number of hydrogen-bond donors (Lipinski definition) is 4. The number of phenols is 3. The zero-order valence-corrected chi connectivity index (χ0v) is 9.34. The molecule has 15 heavy (non-hydrogen) atoms. The summed E-state index contributed by atoms with van der Waals surface area (Å²) in [6, 6.07) is 2.94. The van der Waals surface area contributed by atoms with Crippen LogP contribution in [0.5, 0.6) is 17.2 Å². The summed E-state index contributed by atoms with van der Waals surface area (Å²) >= 11 is 1.73. The van der Waals surface area contributed by atoms with Gasteiger partial charge in [-0.25, -0.2) is 0 Å². The van der Waals surface area contributed by atoms with Crippen molar-refractivity contribution in [2.24, 2.45) is 0 Å². The standard InChI is InChI=1S/C10H15NO3S/c1-15-5-4-11-6-7-2-3-8(12)10(14)9(7)13/h2-3,11-14H,4-6H2,1H3. The van der Waals surface area contributed by atoms with E-state index in [9.17, 15) is 10.2 Å². The van der Waals surface area contributed by atoms with Gasteiger partial charge < -0.3 is 20.6 Å². The summed E-state index contributed by atoms with van der Waals surface area (Å²) < 4.78 is 0. The van der Waals surface area contributed by atoms with E-state index in [4.69, 9.17) is 5.11 Å². The molecule has 4 nitrogen and oxygen atoms in total. The fourth-order valence-electron chi connectivity index (χ4n) is 1.15. The van der Waals surface area contributed by atoms with Crippen LogP contribution in [0, 0.1) is 0 Å². The fraction of sp³-hybridized carbons (Fsp3) is 0.400. The van der Waals surface area contributed by atoms with Crippen LogP contribution in [0.2, 0.25) is 0 Å². The number of rotatable bonds is 5. The van der Waals surface area contributed by atoms with E-state index in [1.165, 1.54) is 6.07 Å². The third kappa shape index (κ3) is 3.21. The highest BCUT2D eigenvalue weighted by atomic mass is 32.2. The molecule has 0 aliphatic rings. The van der Waals surface area contributed by atoms with Gasteiger partial charge in [-0.05, 0) is 12.3 Å². The average Bonchev–Trinajstić information content (AvgIpc) is 2.24. The molecular weight excluding hydrogens is 214 g/mol. The maximum atomic E-state index is 9.48. The summed E-state index contributed by atoms with van der Waals surface area (Å²) in [5.74, 6) is -0.0312. The van der Waals surface area contributed by atoms with Gasteiger partial charge in [0, 0.05) is 24.4 Å². The zero-order valence-electron chi connectivity index (χ0n) is 8.53. The van der Waals surface area contributed by atoms with E-state index in [1.807, 2.05) is 6.26 Å². The molecule has 0 aliphatic carbocycles. The van der Waals surface area contributed by atoms with Crippen molar-refractivity contribution in [1.29, 1.82) is 0 Å². The Labute approximate surface area is 92.9 Å². The van der Waals surface area contributed by atoms with Gasteiger partial charge in [0.15, 0.2) is 11.5 Å². The topological polar surface area (TPSA) is 72.7 Å². The molecular formula is C10H15NO3S. The second-order valence-corrected chi connectivity index (χ2v) is 4.10. The Morgan fingerprint density at radius 3 is 2.60 bits per heavy atom. The van der Waals surface area contributed by atoms with E-state index in [1.54, 1.807) is 17.8 Å². The molecule has 0 aromatic heterocycles. The molecule has 0 saturated carbocycles. The first-order valence-electron chi connectivity index (χ1n) is 4.59. The van der Waals surface area contributed by atoms with Crippen LogP contribution in [-0.4, -0.2) is 33.9 Å². The summed E-state index contributed by atoms with van der Waals surface area (Å²) in [5, 5.41) is 31.0. The summed E-state index contributed by atoms with van der Waals surface area (Å²) in [7, 11) is 0. The minimum atomic E-state index is -0.459. The normalized spacial score (nSPS) is 10.5. The lowest BCUT2D eigenvalue weighted by Crippen LogP contribution is -2.16. The van der Waals surface area contributed by atoms with Gasteiger partial charge in [-0.15, -0.1) is 0 Å². The molecule has 0 saturated heterocycles. The Hall–Kier alpha value is -1.07. The molecule has 1 rings (SSSR count). The van der Waals surface area contributed by atoms with Gasteiger partial charge in [-0.3, -0.25) is 0 Å². The van der Waals surface area contributed by atoms with Crippen LogP contribution in [-0.2, 0) is 6.54 Å². The average molecular weight is 229 g/mol. The SMILES string of the molecule is CSCCNCc1ccc(O)c(O)c1O. The number of phenolic OH excluding ortho intramolecular Hbond substituents is 3. The monoisotopic (exact) mass is 229 g/mol. The third-order valence-electron chi connectivity index (χ3n) is 2.01. The van der Waals surface area contributed by atoms with E-state index in [0.29, 0.717) is 12.1 Å². The van der Waals surface area contributed by atoms with E-state index in [2.05, 4.69) is 5.32 Å². The minimum Gasteiger partial charge on any atom is -0.504 e. The predicted molar refractivity (Wildman–Crippen MR) is 61.5 cm³/mol. The largest absolute Gasteiger partial charge is 0.504 e. The van der Waals surface area contributed by atoms with Crippen molar-refractivity contribution in [2.45, 2.75) is 6.54 Å². The summed E-state index contributed by atoms with van der Waals surface area (Å²) in [4.78, 5) is 0. The number of thioether (sulfide) groups is 1. The van der Waals surface area contributed by atoms with Gasteiger partial charge in [0.25, 0.3) is 0 Å². The van der Waals surface area contributed by atoms with Gasteiger partial charge in [-0.2, -0.15) is 11.8 Å². The Kier molecular flexibility index (Phi) is 4.58. The lowest BCUT2D eigenvalue weighted by atomic mass is 10.1. The van der Waals surface area contributed by atoms with Crippen LogP contribution in [0.25, 0.3) is 0 Å². The van der Waals surface area contributed by atoms with Crippen LogP contribution in [0.1, 0.15) is 5.56 Å². The van der Waals surface area contributed by atoms with Crippen molar-refractivity contribution in [3.05, 3.63) is 17.7 Å². The van der Waals surface area contributed by atoms with Crippen molar-refractivity contribution in [3.63, 3.8) is 0 Å². The minimum absolute atomic E-state index is 0.258. The van der Waals surface area contributed by atoms with Crippen molar-refractivity contribution in [1.82, 2.24) is 5.32 Å². The van der Waals surface area contributed by atoms with Crippen molar-refractivity contribution < 1.29 is 15.3 Å². The van der Waals surface area contributed by atoms with E-state index in [0.717, 1.165) is 12.3 Å². The second-order valence-electron chi connectivity index (χ2n) is 3.11. The van der Waals surface area contributed by atoms with Crippen LogP contribution >= 0.6 is 11.8 Å². The predicted octanol–water partition coefficient (Wildman–Crippen LogP) is 1.26. The maximum absolute atomic E-state index is 9.48. The highest BCUT2D eigenvalue weighted by Gasteiger charge is 2.09.